The van der Waals surface area contributed by atoms with E-state index < -0.39 is 0 Å². The van der Waals surface area contributed by atoms with E-state index in [1.54, 1.807) is 0 Å². The van der Waals surface area contributed by atoms with Gasteiger partial charge in [0.05, 0.1) is 17.7 Å². The highest BCUT2D eigenvalue weighted by molar-refractivity contribution is 6.03. The van der Waals surface area contributed by atoms with Gasteiger partial charge in [0.2, 0.25) is 0 Å². The summed E-state index contributed by atoms with van der Waals surface area (Å²) >= 11 is 0. The summed E-state index contributed by atoms with van der Waals surface area (Å²) in [5.41, 5.74) is 2.15. The van der Waals surface area contributed by atoms with Crippen molar-refractivity contribution in [3.8, 4) is 6.07 Å². The summed E-state index contributed by atoms with van der Waals surface area (Å²) in [6.45, 7) is 0. The lowest BCUT2D eigenvalue weighted by Gasteiger charge is -2.27. The van der Waals surface area contributed by atoms with Crippen LogP contribution in [0.4, 0.5) is 0 Å². The fraction of sp³-hybridized carbons (Fsp3) is 0.429. The first-order valence-corrected chi connectivity index (χ1v) is 6.09. The van der Waals surface area contributed by atoms with Crippen LogP contribution in [0.3, 0.4) is 0 Å². The Kier molecular flexibility index (Phi) is 2.56. The lowest BCUT2D eigenvalue weighted by molar-refractivity contribution is 0.0151. The molecule has 0 bridgehead atoms. The summed E-state index contributed by atoms with van der Waals surface area (Å²) in [4.78, 5) is 5.49. The molecule has 3 heteroatoms. The standard InChI is InChI=1S/C14H14N2O/c15-9-11-7-4-8-12-13(16-17-14(11)12)10-5-2-1-3-6-10/h1-3,5-6,11-12,14H,4,7-8H2/t11-,12-,14-/m0/s1. The molecule has 0 radical (unpaired) electrons. The second kappa shape index (κ2) is 4.21. The topological polar surface area (TPSA) is 45.4 Å². The molecule has 3 atom stereocenters. The molecule has 1 aliphatic carbocycles. The number of oxime groups is 1. The third kappa shape index (κ3) is 1.70. The number of hydrogen-bond donors (Lipinski definition) is 0. The van der Waals surface area contributed by atoms with Crippen LogP contribution in [0.1, 0.15) is 24.8 Å². The predicted octanol–water partition coefficient (Wildman–Crippen LogP) is 2.73. The van der Waals surface area contributed by atoms with Crippen LogP contribution in [0.25, 0.3) is 0 Å². The fourth-order valence-corrected chi connectivity index (χ4v) is 2.80. The highest BCUT2D eigenvalue weighted by Gasteiger charge is 2.42. The van der Waals surface area contributed by atoms with Gasteiger partial charge in [-0.25, -0.2) is 0 Å². The molecular weight excluding hydrogens is 212 g/mol. The maximum atomic E-state index is 9.11. The molecule has 0 amide bonds. The minimum Gasteiger partial charge on any atom is -0.390 e. The molecule has 86 valence electrons. The van der Waals surface area contributed by atoms with Gasteiger partial charge in [-0.1, -0.05) is 41.9 Å². The van der Waals surface area contributed by atoms with Crippen LogP contribution in [0.2, 0.25) is 0 Å². The van der Waals surface area contributed by atoms with Gasteiger partial charge in [0.15, 0.2) is 6.10 Å². The van der Waals surface area contributed by atoms with Crippen molar-refractivity contribution in [2.45, 2.75) is 25.4 Å². The first-order chi connectivity index (χ1) is 8.40. The quantitative estimate of drug-likeness (QED) is 0.739. The Morgan fingerprint density at radius 1 is 1.24 bits per heavy atom. The van der Waals surface area contributed by atoms with Crippen LogP contribution in [0, 0.1) is 23.2 Å². The molecule has 0 saturated heterocycles. The van der Waals surface area contributed by atoms with E-state index >= 15 is 0 Å². The second-order valence-corrected chi connectivity index (χ2v) is 4.69. The van der Waals surface area contributed by atoms with Crippen molar-refractivity contribution in [2.75, 3.05) is 0 Å². The molecule has 1 fully saturated rings. The van der Waals surface area contributed by atoms with Crippen LogP contribution in [0.5, 0.6) is 0 Å². The third-order valence-electron chi connectivity index (χ3n) is 3.68. The van der Waals surface area contributed by atoms with Crippen LogP contribution in [-0.2, 0) is 4.84 Å². The molecule has 3 rings (SSSR count). The van der Waals surface area contributed by atoms with Gasteiger partial charge in [0.1, 0.15) is 0 Å². The molecule has 2 aliphatic rings. The zero-order valence-corrected chi connectivity index (χ0v) is 9.54. The van der Waals surface area contributed by atoms with E-state index in [1.807, 2.05) is 18.2 Å². The van der Waals surface area contributed by atoms with E-state index in [0.717, 1.165) is 30.5 Å². The molecule has 0 N–H and O–H groups in total. The number of fused-ring (bicyclic) bond motifs is 1. The molecule has 3 nitrogen and oxygen atoms in total. The zero-order valence-electron chi connectivity index (χ0n) is 9.54. The van der Waals surface area contributed by atoms with Crippen molar-refractivity contribution < 1.29 is 4.84 Å². The fourth-order valence-electron chi connectivity index (χ4n) is 2.80. The summed E-state index contributed by atoms with van der Waals surface area (Å²) in [6.07, 6.45) is 3.09. The van der Waals surface area contributed by atoms with Crippen molar-refractivity contribution in [3.05, 3.63) is 35.9 Å². The first kappa shape index (κ1) is 10.3. The number of rotatable bonds is 1. The van der Waals surface area contributed by atoms with Gasteiger partial charge in [-0.05, 0) is 18.4 Å². The Morgan fingerprint density at radius 3 is 2.82 bits per heavy atom. The molecule has 0 unspecified atom stereocenters. The first-order valence-electron chi connectivity index (χ1n) is 6.09. The van der Waals surface area contributed by atoms with Gasteiger partial charge in [0.25, 0.3) is 0 Å². The Hall–Kier alpha value is -1.82. The van der Waals surface area contributed by atoms with Gasteiger partial charge >= 0.3 is 0 Å². The van der Waals surface area contributed by atoms with E-state index in [4.69, 9.17) is 10.1 Å². The van der Waals surface area contributed by atoms with Crippen LogP contribution in [-0.4, -0.2) is 11.8 Å². The molecule has 17 heavy (non-hydrogen) atoms. The molecule has 1 heterocycles. The predicted molar refractivity (Wildman–Crippen MR) is 64.3 cm³/mol. The Morgan fingerprint density at radius 2 is 2.06 bits per heavy atom. The van der Waals surface area contributed by atoms with E-state index in [1.165, 1.54) is 0 Å². The summed E-state index contributed by atoms with van der Waals surface area (Å²) < 4.78 is 0. The van der Waals surface area contributed by atoms with Crippen LogP contribution >= 0.6 is 0 Å². The van der Waals surface area contributed by atoms with Gasteiger partial charge in [-0.15, -0.1) is 0 Å². The molecule has 1 aromatic carbocycles. The number of nitrogens with zero attached hydrogens (tertiary/aromatic N) is 2. The van der Waals surface area contributed by atoms with Crippen molar-refractivity contribution in [3.63, 3.8) is 0 Å². The molecule has 1 saturated carbocycles. The average Bonchev–Trinajstić information content (AvgIpc) is 2.83. The zero-order chi connectivity index (χ0) is 11.7. The number of hydrogen-bond acceptors (Lipinski definition) is 3. The van der Waals surface area contributed by atoms with Crippen molar-refractivity contribution in [1.82, 2.24) is 0 Å². The Bertz CT molecular complexity index is 475. The van der Waals surface area contributed by atoms with Crippen LogP contribution in [0.15, 0.2) is 35.5 Å². The van der Waals surface area contributed by atoms with E-state index in [2.05, 4.69) is 23.4 Å². The van der Waals surface area contributed by atoms with Crippen LogP contribution < -0.4 is 0 Å². The minimum absolute atomic E-state index is 0.00119. The van der Waals surface area contributed by atoms with Gasteiger partial charge in [0, 0.05) is 5.92 Å². The maximum Gasteiger partial charge on any atom is 0.151 e. The molecule has 1 aliphatic heterocycles. The Labute approximate surface area is 101 Å². The van der Waals surface area contributed by atoms with E-state index in [-0.39, 0.29) is 12.0 Å². The molecule has 0 aromatic heterocycles. The maximum absolute atomic E-state index is 9.11. The average molecular weight is 226 g/mol. The number of nitriles is 1. The van der Waals surface area contributed by atoms with Crippen molar-refractivity contribution in [2.24, 2.45) is 17.0 Å². The summed E-state index contributed by atoms with van der Waals surface area (Å²) in [6, 6.07) is 12.5. The van der Waals surface area contributed by atoms with E-state index in [9.17, 15) is 0 Å². The summed E-state index contributed by atoms with van der Waals surface area (Å²) in [5, 5.41) is 13.3. The van der Waals surface area contributed by atoms with E-state index in [0.29, 0.717) is 5.92 Å². The van der Waals surface area contributed by atoms with Gasteiger partial charge < -0.3 is 4.84 Å². The SMILES string of the molecule is N#C[C@@H]1CCC[C@H]2C(c3ccccc3)=NO[C@@H]12. The minimum atomic E-state index is -0.0241. The highest BCUT2D eigenvalue weighted by atomic mass is 16.6. The highest BCUT2D eigenvalue weighted by Crippen LogP contribution is 2.37. The summed E-state index contributed by atoms with van der Waals surface area (Å²) in [7, 11) is 0. The third-order valence-corrected chi connectivity index (χ3v) is 3.68. The largest absolute Gasteiger partial charge is 0.390 e. The Balaban J connectivity index is 1.88. The lowest BCUT2D eigenvalue weighted by Crippen LogP contribution is -2.34. The monoisotopic (exact) mass is 226 g/mol. The van der Waals surface area contributed by atoms with Crippen molar-refractivity contribution in [1.29, 1.82) is 5.26 Å². The van der Waals surface area contributed by atoms with Gasteiger partial charge in [-0.3, -0.25) is 0 Å². The number of benzene rings is 1. The molecular formula is C14H14N2O. The molecule has 0 spiro atoms. The smallest absolute Gasteiger partial charge is 0.151 e. The van der Waals surface area contributed by atoms with Crippen molar-refractivity contribution >= 4 is 5.71 Å². The normalized spacial score (nSPS) is 31.0. The molecule has 1 aromatic rings. The lowest BCUT2D eigenvalue weighted by atomic mass is 9.76. The van der Waals surface area contributed by atoms with Gasteiger partial charge in [-0.2, -0.15) is 5.26 Å². The second-order valence-electron chi connectivity index (χ2n) is 4.69. The summed E-state index contributed by atoms with van der Waals surface area (Å²) in [5.74, 6) is 0.300.